The minimum absolute atomic E-state index is 0.136. The maximum atomic E-state index is 13.1. The van der Waals surface area contributed by atoms with Crippen LogP contribution in [0.5, 0.6) is 5.75 Å². The molecule has 0 aromatic heterocycles. The summed E-state index contributed by atoms with van der Waals surface area (Å²) in [5.74, 6) is 0.335. The number of hydrogen-bond acceptors (Lipinski definition) is 5. The molecule has 0 unspecified atom stereocenters. The van der Waals surface area contributed by atoms with Gasteiger partial charge in [-0.3, -0.25) is 4.79 Å². The molecule has 0 saturated heterocycles. The molecule has 0 aliphatic heterocycles. The Morgan fingerprint density at radius 1 is 1.25 bits per heavy atom. The van der Waals surface area contributed by atoms with Gasteiger partial charge in [0, 0.05) is 24.9 Å². The van der Waals surface area contributed by atoms with E-state index in [1.54, 1.807) is 20.4 Å². The van der Waals surface area contributed by atoms with E-state index in [4.69, 9.17) is 10.5 Å². The van der Waals surface area contributed by atoms with Gasteiger partial charge in [-0.25, -0.2) is 0 Å². The third kappa shape index (κ3) is 5.23. The number of ether oxygens (including phenoxy) is 1. The van der Waals surface area contributed by atoms with Crippen molar-refractivity contribution in [3.63, 3.8) is 0 Å². The highest BCUT2D eigenvalue weighted by Crippen LogP contribution is 2.31. The Balaban J connectivity index is 1.92. The Labute approximate surface area is 190 Å². The molecule has 0 bridgehead atoms. The van der Waals surface area contributed by atoms with Crippen molar-refractivity contribution >= 4 is 11.6 Å². The Morgan fingerprint density at radius 3 is 2.53 bits per heavy atom. The zero-order chi connectivity index (χ0) is 23.1. The van der Waals surface area contributed by atoms with Crippen LogP contribution in [0.1, 0.15) is 70.3 Å². The predicted octanol–water partition coefficient (Wildman–Crippen LogP) is 4.01. The van der Waals surface area contributed by atoms with Gasteiger partial charge in [-0.1, -0.05) is 43.5 Å². The number of nitrogens with one attached hydrogen (secondary N) is 2. The number of nitrogens with two attached hydrogens (primary N) is 1. The van der Waals surface area contributed by atoms with Gasteiger partial charge >= 0.3 is 0 Å². The zero-order valence-electron chi connectivity index (χ0n) is 19.1. The third-order valence-corrected chi connectivity index (χ3v) is 6.08. The molecule has 0 radical (unpaired) electrons. The molecule has 4 N–H and O–H groups in total. The molecule has 0 spiro atoms. The van der Waals surface area contributed by atoms with Crippen molar-refractivity contribution in [3.05, 3.63) is 69.9 Å². The summed E-state index contributed by atoms with van der Waals surface area (Å²) in [5.41, 5.74) is 11.2. The first-order valence-corrected chi connectivity index (χ1v) is 11.1. The fourth-order valence-electron chi connectivity index (χ4n) is 4.38. The number of hydrogen-bond donors (Lipinski definition) is 3. The molecule has 1 saturated carbocycles. The van der Waals surface area contributed by atoms with E-state index in [0.29, 0.717) is 34.6 Å². The Kier molecular flexibility index (Phi) is 7.77. The highest BCUT2D eigenvalue weighted by molar-refractivity contribution is 5.98. The summed E-state index contributed by atoms with van der Waals surface area (Å²) in [6.07, 6.45) is 7.81. The lowest BCUT2D eigenvalue weighted by molar-refractivity contribution is 0.0924. The molecule has 0 heterocycles. The fraction of sp³-hybridized carbons (Fsp3) is 0.385. The first-order chi connectivity index (χ1) is 15.5. The van der Waals surface area contributed by atoms with Gasteiger partial charge in [0.25, 0.3) is 5.91 Å². The molecule has 6 nitrogen and oxygen atoms in total. The molecule has 1 amide bonds. The van der Waals surface area contributed by atoms with Crippen LogP contribution in [0, 0.1) is 18.3 Å². The average molecular weight is 433 g/mol. The Bertz CT molecular complexity index is 1030. The molecule has 2 aromatic rings. The first kappa shape index (κ1) is 23.2. The maximum Gasteiger partial charge on any atom is 0.255 e. The normalized spacial score (nSPS) is 14.5. The quantitative estimate of drug-likeness (QED) is 0.614. The summed E-state index contributed by atoms with van der Waals surface area (Å²) in [4.78, 5) is 13.1. The van der Waals surface area contributed by atoms with Crippen molar-refractivity contribution < 1.29 is 9.53 Å². The van der Waals surface area contributed by atoms with E-state index in [9.17, 15) is 10.1 Å². The number of methoxy groups -OCH3 is 1. The number of nitrogens with zero attached hydrogens (tertiary/aromatic N) is 1. The van der Waals surface area contributed by atoms with Gasteiger partial charge < -0.3 is 21.1 Å². The number of carbonyl (C=O) groups is 1. The van der Waals surface area contributed by atoms with Crippen molar-refractivity contribution in [3.8, 4) is 11.8 Å². The van der Waals surface area contributed by atoms with Gasteiger partial charge in [0.05, 0.1) is 30.0 Å². The van der Waals surface area contributed by atoms with Crippen molar-refractivity contribution in [2.45, 2.75) is 51.5 Å². The van der Waals surface area contributed by atoms with Gasteiger partial charge in [-0.2, -0.15) is 5.26 Å². The molecular formula is C26H32N4O2. The molecule has 6 heteroatoms. The third-order valence-electron chi connectivity index (χ3n) is 6.08. The number of rotatable bonds is 7. The van der Waals surface area contributed by atoms with Gasteiger partial charge in [-0.05, 0) is 48.9 Å². The highest BCUT2D eigenvalue weighted by Gasteiger charge is 2.23. The summed E-state index contributed by atoms with van der Waals surface area (Å²) in [5, 5.41) is 15.9. The van der Waals surface area contributed by atoms with Gasteiger partial charge in [0.15, 0.2) is 0 Å². The van der Waals surface area contributed by atoms with Crippen LogP contribution >= 0.6 is 0 Å². The molecule has 1 fully saturated rings. The van der Waals surface area contributed by atoms with E-state index in [2.05, 4.69) is 16.7 Å². The second-order valence-electron chi connectivity index (χ2n) is 8.30. The van der Waals surface area contributed by atoms with E-state index in [1.165, 1.54) is 6.42 Å². The monoisotopic (exact) mass is 432 g/mol. The van der Waals surface area contributed by atoms with Crippen LogP contribution < -0.4 is 21.1 Å². The van der Waals surface area contributed by atoms with Crippen molar-refractivity contribution in [2.75, 3.05) is 14.2 Å². The molecule has 0 atom stereocenters. The molecular weight excluding hydrogens is 400 g/mol. The Morgan fingerprint density at radius 2 is 1.94 bits per heavy atom. The highest BCUT2D eigenvalue weighted by atomic mass is 16.5. The largest absolute Gasteiger partial charge is 0.496 e. The summed E-state index contributed by atoms with van der Waals surface area (Å²) < 4.78 is 5.56. The Hall–Kier alpha value is -3.46. The summed E-state index contributed by atoms with van der Waals surface area (Å²) in [6, 6.07) is 12.2. The summed E-state index contributed by atoms with van der Waals surface area (Å²) >= 11 is 0. The van der Waals surface area contributed by atoms with E-state index < -0.39 is 0 Å². The lowest BCUT2D eigenvalue weighted by Crippen LogP contribution is -2.36. The topological polar surface area (TPSA) is 100 Å². The number of benzene rings is 2. The molecule has 2 aromatic carbocycles. The van der Waals surface area contributed by atoms with Crippen LogP contribution in [-0.2, 0) is 6.42 Å². The minimum atomic E-state index is -0.136. The van der Waals surface area contributed by atoms with Gasteiger partial charge in [0.2, 0.25) is 0 Å². The zero-order valence-corrected chi connectivity index (χ0v) is 19.1. The average Bonchev–Trinajstić information content (AvgIpc) is 2.80. The van der Waals surface area contributed by atoms with E-state index in [-0.39, 0.29) is 11.9 Å². The van der Waals surface area contributed by atoms with Crippen LogP contribution in [0.4, 0.5) is 0 Å². The summed E-state index contributed by atoms with van der Waals surface area (Å²) in [6.45, 7) is 1.84. The molecule has 3 rings (SSSR count). The van der Waals surface area contributed by atoms with Gasteiger partial charge in [0.1, 0.15) is 5.75 Å². The standard InChI is InChI=1S/C26H32N4O2/c1-17-23(15-27)20(13-18-9-11-19(12-10-18)24(28)16-29-2)14-22(25(17)32-3)26(31)30-21-7-5-4-6-8-21/h9-12,14,16,21,29H,4-8,13,28H2,1-3H3,(H,30,31)/b24-16-. The lowest BCUT2D eigenvalue weighted by Gasteiger charge is -2.24. The van der Waals surface area contributed by atoms with Crippen molar-refractivity contribution in [1.82, 2.24) is 10.6 Å². The number of carbonyl (C=O) groups excluding carboxylic acids is 1. The maximum absolute atomic E-state index is 13.1. The van der Waals surface area contributed by atoms with E-state index in [1.807, 2.05) is 37.3 Å². The van der Waals surface area contributed by atoms with E-state index in [0.717, 1.165) is 42.4 Å². The number of nitriles is 1. The van der Waals surface area contributed by atoms with Crippen LogP contribution in [0.15, 0.2) is 36.5 Å². The molecule has 168 valence electrons. The van der Waals surface area contributed by atoms with Crippen molar-refractivity contribution in [2.24, 2.45) is 5.73 Å². The minimum Gasteiger partial charge on any atom is -0.496 e. The van der Waals surface area contributed by atoms with Gasteiger partial charge in [-0.15, -0.1) is 0 Å². The SMILES string of the molecule is CN/C=C(\N)c1ccc(Cc2cc(C(=O)NC3CCCCC3)c(OC)c(C)c2C#N)cc1. The molecule has 1 aliphatic carbocycles. The smallest absolute Gasteiger partial charge is 0.255 e. The second kappa shape index (κ2) is 10.7. The molecule has 1 aliphatic rings. The fourth-order valence-corrected chi connectivity index (χ4v) is 4.38. The first-order valence-electron chi connectivity index (χ1n) is 11.1. The van der Waals surface area contributed by atoms with Crippen LogP contribution in [0.2, 0.25) is 0 Å². The van der Waals surface area contributed by atoms with Crippen LogP contribution in [0.25, 0.3) is 5.70 Å². The molecule has 32 heavy (non-hydrogen) atoms. The van der Waals surface area contributed by atoms with Crippen LogP contribution in [0.3, 0.4) is 0 Å². The van der Waals surface area contributed by atoms with E-state index >= 15 is 0 Å². The predicted molar refractivity (Wildman–Crippen MR) is 127 cm³/mol. The summed E-state index contributed by atoms with van der Waals surface area (Å²) in [7, 11) is 3.35. The van der Waals surface area contributed by atoms with Crippen LogP contribution in [-0.4, -0.2) is 26.1 Å². The van der Waals surface area contributed by atoms with Crippen molar-refractivity contribution in [1.29, 1.82) is 5.26 Å². The second-order valence-corrected chi connectivity index (χ2v) is 8.30. The number of amides is 1. The lowest BCUT2D eigenvalue weighted by atomic mass is 9.92.